The van der Waals surface area contributed by atoms with E-state index in [0.717, 1.165) is 12.1 Å². The van der Waals surface area contributed by atoms with Crippen LogP contribution in [0.1, 0.15) is 31.4 Å². The third kappa shape index (κ3) is 6.17. The van der Waals surface area contributed by atoms with E-state index >= 15 is 0 Å². The minimum atomic E-state index is -4.33. The summed E-state index contributed by atoms with van der Waals surface area (Å²) >= 11 is 0. The Morgan fingerprint density at radius 3 is 2.29 bits per heavy atom. The number of alkyl halides is 3. The Labute approximate surface area is 124 Å². The third-order valence-corrected chi connectivity index (χ3v) is 5.42. The van der Waals surface area contributed by atoms with Gasteiger partial charge in [0, 0.05) is 19.3 Å². The van der Waals surface area contributed by atoms with Gasteiger partial charge in [-0.05, 0) is 38.3 Å². The molecule has 1 rings (SSSR count). The maximum absolute atomic E-state index is 12.6. The normalized spacial score (nSPS) is 12.7. The zero-order valence-electron chi connectivity index (χ0n) is 12.2. The van der Waals surface area contributed by atoms with Crippen molar-refractivity contribution < 1.29 is 26.8 Å². The lowest BCUT2D eigenvalue weighted by Gasteiger charge is -2.22. The van der Waals surface area contributed by atoms with Crippen LogP contribution in [0.15, 0.2) is 24.3 Å². The van der Waals surface area contributed by atoms with E-state index < -0.39 is 20.5 Å². The molecule has 3 nitrogen and oxygen atoms in total. The van der Waals surface area contributed by atoms with Gasteiger partial charge in [0.1, 0.15) is 0 Å². The second kappa shape index (κ2) is 7.93. The minimum Gasteiger partial charge on any atom is -0.390 e. The van der Waals surface area contributed by atoms with E-state index in [-0.39, 0.29) is 0 Å². The molecule has 0 fully saturated rings. The summed E-state index contributed by atoms with van der Waals surface area (Å²) in [5.41, 5.74) is -0.0590. The van der Waals surface area contributed by atoms with Gasteiger partial charge in [-0.1, -0.05) is 18.2 Å². The summed E-state index contributed by atoms with van der Waals surface area (Å²) in [4.78, 5) is 10.2. The first-order valence-corrected chi connectivity index (χ1v) is 8.94. The third-order valence-electron chi connectivity index (χ3n) is 2.95. The maximum atomic E-state index is 12.6. The van der Waals surface area contributed by atoms with E-state index in [1.165, 1.54) is 6.07 Å². The molecule has 0 aliphatic rings. The largest absolute Gasteiger partial charge is 0.498 e. The van der Waals surface area contributed by atoms with Crippen LogP contribution in [0, 0.1) is 0 Å². The first-order chi connectivity index (χ1) is 9.80. The molecule has 0 aromatic heterocycles. The van der Waals surface area contributed by atoms with E-state index in [1.807, 2.05) is 0 Å². The highest BCUT2D eigenvalue weighted by molar-refractivity contribution is 6.59. The molecule has 0 aliphatic heterocycles. The fourth-order valence-electron chi connectivity index (χ4n) is 2.06. The van der Waals surface area contributed by atoms with E-state index in [0.29, 0.717) is 37.7 Å². The molecular weight excluding hydrogens is 301 g/mol. The Hall–Kier alpha value is -0.893. The molecule has 0 heterocycles. The zero-order chi connectivity index (χ0) is 15.9. The summed E-state index contributed by atoms with van der Waals surface area (Å²) in [6.45, 7) is 4.24. The Morgan fingerprint density at radius 1 is 1.14 bits per heavy atom. The van der Waals surface area contributed by atoms with Gasteiger partial charge in [0.15, 0.2) is 0 Å². The number of hydrogen-bond donors (Lipinski definition) is 1. The molecule has 0 saturated heterocycles. The van der Waals surface area contributed by atoms with Crippen LogP contribution in [-0.2, 0) is 21.4 Å². The topological polar surface area (TPSA) is 38.7 Å². The van der Waals surface area contributed by atoms with Crippen LogP contribution in [0.25, 0.3) is 0 Å². The molecule has 0 bridgehead atoms. The molecule has 1 aromatic rings. The Morgan fingerprint density at radius 2 is 1.76 bits per heavy atom. The first kappa shape index (κ1) is 18.2. The quantitative estimate of drug-likeness (QED) is 0.743. The van der Waals surface area contributed by atoms with Gasteiger partial charge in [-0.15, -0.1) is 0 Å². The van der Waals surface area contributed by atoms with Crippen LogP contribution < -0.4 is 0 Å². The standard InChI is InChI=1S/C14H21F3O3Si/c1-3-19-21(18,20-4-2)10-6-8-12-7-5-9-13(11-12)14(15,16)17/h5,7,9,11,18H,3-4,6,8,10H2,1-2H3. The van der Waals surface area contributed by atoms with Crippen LogP contribution in [0.4, 0.5) is 13.2 Å². The molecule has 7 heteroatoms. The lowest BCUT2D eigenvalue weighted by atomic mass is 10.1. The molecule has 120 valence electrons. The number of rotatable bonds is 8. The van der Waals surface area contributed by atoms with Gasteiger partial charge in [-0.3, -0.25) is 0 Å². The molecule has 0 spiro atoms. The average molecular weight is 322 g/mol. The molecule has 0 unspecified atom stereocenters. The van der Waals surface area contributed by atoms with E-state index in [9.17, 15) is 18.0 Å². The van der Waals surface area contributed by atoms with Crippen molar-refractivity contribution >= 4 is 8.80 Å². The molecule has 0 aliphatic carbocycles. The predicted octanol–water partition coefficient (Wildman–Crippen LogP) is 3.64. The molecule has 0 atom stereocenters. The van der Waals surface area contributed by atoms with Crippen LogP contribution in [0.3, 0.4) is 0 Å². The average Bonchev–Trinajstić information content (AvgIpc) is 2.38. The number of aryl methyl sites for hydroxylation is 1. The maximum Gasteiger partial charge on any atom is 0.498 e. The predicted molar refractivity (Wildman–Crippen MR) is 75.8 cm³/mol. The van der Waals surface area contributed by atoms with Gasteiger partial charge >= 0.3 is 15.0 Å². The zero-order valence-corrected chi connectivity index (χ0v) is 13.2. The number of halogens is 3. The van der Waals surface area contributed by atoms with Crippen LogP contribution in [-0.4, -0.2) is 26.8 Å². The van der Waals surface area contributed by atoms with Crippen LogP contribution in [0.5, 0.6) is 0 Å². The molecule has 0 amide bonds. The molecule has 0 radical (unpaired) electrons. The molecular formula is C14H21F3O3Si. The molecule has 1 N–H and O–H groups in total. The fourth-order valence-corrected chi connectivity index (χ4v) is 3.95. The van der Waals surface area contributed by atoms with Gasteiger partial charge in [0.05, 0.1) is 5.56 Å². The van der Waals surface area contributed by atoms with Crippen molar-refractivity contribution in [3.63, 3.8) is 0 Å². The molecule has 21 heavy (non-hydrogen) atoms. The summed E-state index contributed by atoms with van der Waals surface area (Å²) in [5, 5.41) is 0. The van der Waals surface area contributed by atoms with Crippen molar-refractivity contribution in [2.24, 2.45) is 0 Å². The van der Waals surface area contributed by atoms with Gasteiger partial charge < -0.3 is 13.6 Å². The van der Waals surface area contributed by atoms with Gasteiger partial charge in [0.25, 0.3) is 0 Å². The first-order valence-electron chi connectivity index (χ1n) is 6.97. The second-order valence-corrected chi connectivity index (χ2v) is 7.13. The Balaban J connectivity index is 2.59. The van der Waals surface area contributed by atoms with E-state index in [4.69, 9.17) is 8.85 Å². The van der Waals surface area contributed by atoms with Crippen LogP contribution >= 0.6 is 0 Å². The summed E-state index contributed by atoms with van der Waals surface area (Å²) in [6, 6.07) is 5.58. The number of benzene rings is 1. The summed E-state index contributed by atoms with van der Waals surface area (Å²) < 4.78 is 48.4. The van der Waals surface area contributed by atoms with E-state index in [1.54, 1.807) is 19.9 Å². The van der Waals surface area contributed by atoms with Gasteiger partial charge in [0.2, 0.25) is 0 Å². The number of hydrogen-bond acceptors (Lipinski definition) is 3. The highest BCUT2D eigenvalue weighted by atomic mass is 28.4. The Bertz CT molecular complexity index is 432. The molecule has 1 aromatic carbocycles. The van der Waals surface area contributed by atoms with Crippen molar-refractivity contribution in [1.29, 1.82) is 0 Å². The van der Waals surface area contributed by atoms with Gasteiger partial charge in [-0.2, -0.15) is 13.2 Å². The lowest BCUT2D eigenvalue weighted by molar-refractivity contribution is -0.137. The SMILES string of the molecule is CCO[Si](O)(CCCc1cccc(C(F)(F)F)c1)OCC. The van der Waals surface area contributed by atoms with E-state index in [2.05, 4.69) is 0 Å². The van der Waals surface area contributed by atoms with Crippen molar-refractivity contribution in [3.8, 4) is 0 Å². The summed E-state index contributed by atoms with van der Waals surface area (Å²) in [6.07, 6.45) is -3.37. The van der Waals surface area contributed by atoms with Gasteiger partial charge in [-0.25, -0.2) is 0 Å². The highest BCUT2D eigenvalue weighted by Gasteiger charge is 2.35. The summed E-state index contributed by atoms with van der Waals surface area (Å²) in [5.74, 6) is 0. The van der Waals surface area contributed by atoms with Crippen LogP contribution in [0.2, 0.25) is 6.04 Å². The smallest absolute Gasteiger partial charge is 0.390 e. The molecule has 0 saturated carbocycles. The van der Waals surface area contributed by atoms with Crippen molar-refractivity contribution in [1.82, 2.24) is 0 Å². The lowest BCUT2D eigenvalue weighted by Crippen LogP contribution is -2.42. The monoisotopic (exact) mass is 322 g/mol. The fraction of sp³-hybridized carbons (Fsp3) is 0.571. The minimum absolute atomic E-state index is 0.338. The van der Waals surface area contributed by atoms with Crippen molar-refractivity contribution in [2.75, 3.05) is 13.2 Å². The van der Waals surface area contributed by atoms with Crippen molar-refractivity contribution in [3.05, 3.63) is 35.4 Å². The Kier molecular flexibility index (Phi) is 6.86. The van der Waals surface area contributed by atoms with Crippen molar-refractivity contribution in [2.45, 2.75) is 38.9 Å². The highest BCUT2D eigenvalue weighted by Crippen LogP contribution is 2.30. The summed E-state index contributed by atoms with van der Waals surface area (Å²) in [7, 11) is -3.18. The second-order valence-electron chi connectivity index (χ2n) is 4.63.